The molecule has 5 rings (SSSR count). The SMILES string of the molecule is Cc1c(C)c(N2Cc3cc(Cl)c(Cl)cc3C2)c(C)c2c1OC(C)(C)C2c1ccc(F)cc1. The summed E-state index contributed by atoms with van der Waals surface area (Å²) >= 11 is 12.6. The van der Waals surface area contributed by atoms with Crippen molar-refractivity contribution in [3.8, 4) is 5.75 Å². The van der Waals surface area contributed by atoms with Crippen molar-refractivity contribution in [2.45, 2.75) is 59.2 Å². The highest BCUT2D eigenvalue weighted by Gasteiger charge is 2.45. The highest BCUT2D eigenvalue weighted by Crippen LogP contribution is 2.54. The van der Waals surface area contributed by atoms with Gasteiger partial charge in [-0.1, -0.05) is 35.3 Å². The van der Waals surface area contributed by atoms with Gasteiger partial charge in [0.05, 0.1) is 16.0 Å². The fraction of sp³-hybridized carbons (Fsp3) is 0.333. The van der Waals surface area contributed by atoms with E-state index in [4.69, 9.17) is 27.9 Å². The van der Waals surface area contributed by atoms with E-state index in [0.29, 0.717) is 10.0 Å². The molecule has 0 aliphatic carbocycles. The van der Waals surface area contributed by atoms with Gasteiger partial charge < -0.3 is 9.64 Å². The van der Waals surface area contributed by atoms with Crippen LogP contribution in [-0.4, -0.2) is 5.60 Å². The predicted molar refractivity (Wildman–Crippen MR) is 130 cm³/mol. The number of rotatable bonds is 2. The minimum Gasteiger partial charge on any atom is -0.486 e. The highest BCUT2D eigenvalue weighted by molar-refractivity contribution is 6.42. The van der Waals surface area contributed by atoms with Crippen LogP contribution in [0, 0.1) is 26.6 Å². The topological polar surface area (TPSA) is 12.5 Å². The quantitative estimate of drug-likeness (QED) is 0.378. The third kappa shape index (κ3) is 3.21. The van der Waals surface area contributed by atoms with Crippen molar-refractivity contribution in [2.24, 2.45) is 0 Å². The summed E-state index contributed by atoms with van der Waals surface area (Å²) in [6.45, 7) is 12.3. The molecule has 5 heteroatoms. The van der Waals surface area contributed by atoms with E-state index < -0.39 is 5.60 Å². The molecule has 0 spiro atoms. The summed E-state index contributed by atoms with van der Waals surface area (Å²) in [7, 11) is 0. The molecule has 0 N–H and O–H groups in total. The minimum atomic E-state index is -0.435. The zero-order valence-corrected chi connectivity index (χ0v) is 20.5. The largest absolute Gasteiger partial charge is 0.486 e. The molecule has 0 bridgehead atoms. The van der Waals surface area contributed by atoms with Gasteiger partial charge in [-0.05, 0) is 92.3 Å². The second kappa shape index (κ2) is 7.40. The van der Waals surface area contributed by atoms with Crippen LogP contribution in [0.25, 0.3) is 0 Å². The molecule has 0 radical (unpaired) electrons. The monoisotopic (exact) mass is 469 g/mol. The van der Waals surface area contributed by atoms with Crippen molar-refractivity contribution in [3.05, 3.63) is 91.2 Å². The van der Waals surface area contributed by atoms with Gasteiger partial charge in [0.2, 0.25) is 0 Å². The zero-order valence-electron chi connectivity index (χ0n) is 18.9. The zero-order chi connectivity index (χ0) is 22.9. The molecule has 2 aliphatic rings. The Morgan fingerprint density at radius 3 is 2.03 bits per heavy atom. The van der Waals surface area contributed by atoms with Crippen LogP contribution in [0.4, 0.5) is 10.1 Å². The molecule has 0 amide bonds. The Balaban J connectivity index is 1.66. The van der Waals surface area contributed by atoms with E-state index in [-0.39, 0.29) is 11.7 Å². The van der Waals surface area contributed by atoms with E-state index in [2.05, 4.69) is 39.5 Å². The first-order chi connectivity index (χ1) is 15.1. The minimum absolute atomic E-state index is 0.0185. The van der Waals surface area contributed by atoms with E-state index in [1.807, 2.05) is 24.3 Å². The molecule has 2 aliphatic heterocycles. The lowest BCUT2D eigenvalue weighted by atomic mass is 9.78. The van der Waals surface area contributed by atoms with Crippen LogP contribution in [0.2, 0.25) is 10.0 Å². The van der Waals surface area contributed by atoms with Crippen LogP contribution >= 0.6 is 23.2 Å². The summed E-state index contributed by atoms with van der Waals surface area (Å²) in [5, 5.41) is 1.19. The second-order valence-electron chi connectivity index (χ2n) is 9.55. The molecular formula is C27H26Cl2FNO. The van der Waals surface area contributed by atoms with E-state index in [1.165, 1.54) is 45.6 Å². The van der Waals surface area contributed by atoms with Gasteiger partial charge in [-0.25, -0.2) is 4.39 Å². The average Bonchev–Trinajstić information content (AvgIpc) is 3.25. The molecule has 0 saturated carbocycles. The van der Waals surface area contributed by atoms with Gasteiger partial charge in [-0.3, -0.25) is 0 Å². The molecule has 3 aromatic rings. The standard InChI is InChI=1S/C27H26Cl2FNO/c1-14-15(2)26-23(24(27(4,5)32-26)17-6-8-20(30)9-7-17)16(3)25(14)31-12-18-10-21(28)22(29)11-19(18)13-31/h6-11,24H,12-13H2,1-5H3. The summed E-state index contributed by atoms with van der Waals surface area (Å²) < 4.78 is 20.2. The number of hydrogen-bond acceptors (Lipinski definition) is 2. The van der Waals surface area contributed by atoms with Gasteiger partial charge in [0.15, 0.2) is 0 Å². The number of hydrogen-bond donors (Lipinski definition) is 0. The Labute approximate surface area is 198 Å². The van der Waals surface area contributed by atoms with E-state index >= 15 is 0 Å². The van der Waals surface area contributed by atoms with Crippen LogP contribution < -0.4 is 9.64 Å². The molecule has 0 saturated heterocycles. The smallest absolute Gasteiger partial charge is 0.127 e. The molecule has 1 atom stereocenters. The predicted octanol–water partition coefficient (Wildman–Crippen LogP) is 7.88. The van der Waals surface area contributed by atoms with Crippen LogP contribution in [-0.2, 0) is 13.1 Å². The fourth-order valence-electron chi connectivity index (χ4n) is 5.52. The maximum atomic E-state index is 13.7. The Hall–Kier alpha value is -2.23. The fourth-order valence-corrected chi connectivity index (χ4v) is 5.90. The average molecular weight is 470 g/mol. The first-order valence-corrected chi connectivity index (χ1v) is 11.6. The van der Waals surface area contributed by atoms with E-state index in [1.54, 1.807) is 0 Å². The Kier molecular flexibility index (Phi) is 4.99. The summed E-state index contributed by atoms with van der Waals surface area (Å²) in [5.74, 6) is 0.756. The molecule has 2 nitrogen and oxygen atoms in total. The third-order valence-electron chi connectivity index (χ3n) is 7.10. The summed E-state index contributed by atoms with van der Waals surface area (Å²) in [6, 6.07) is 10.8. The maximum Gasteiger partial charge on any atom is 0.127 e. The van der Waals surface area contributed by atoms with Gasteiger partial charge in [0.1, 0.15) is 17.2 Å². The molecular weight excluding hydrogens is 444 g/mol. The number of nitrogens with zero attached hydrogens (tertiary/aromatic N) is 1. The van der Waals surface area contributed by atoms with Gasteiger partial charge in [-0.15, -0.1) is 0 Å². The molecule has 2 heterocycles. The molecule has 1 unspecified atom stereocenters. The summed E-state index contributed by atoms with van der Waals surface area (Å²) in [6.07, 6.45) is 0. The third-order valence-corrected chi connectivity index (χ3v) is 7.82. The lowest BCUT2D eigenvalue weighted by Gasteiger charge is -2.28. The van der Waals surface area contributed by atoms with Crippen molar-refractivity contribution in [2.75, 3.05) is 4.90 Å². The van der Waals surface area contributed by atoms with E-state index in [9.17, 15) is 4.39 Å². The van der Waals surface area contributed by atoms with Crippen LogP contribution in [0.15, 0.2) is 36.4 Å². The first kappa shape index (κ1) is 21.6. The van der Waals surface area contributed by atoms with Crippen molar-refractivity contribution < 1.29 is 9.13 Å². The Morgan fingerprint density at radius 2 is 1.47 bits per heavy atom. The number of halogens is 3. The van der Waals surface area contributed by atoms with Crippen LogP contribution in [0.5, 0.6) is 5.75 Å². The Morgan fingerprint density at radius 1 is 0.906 bits per heavy atom. The van der Waals surface area contributed by atoms with Gasteiger partial charge >= 0.3 is 0 Å². The normalized spacial score (nSPS) is 18.5. The summed E-state index contributed by atoms with van der Waals surface area (Å²) in [5.41, 5.74) is 9.09. The van der Waals surface area contributed by atoms with Gasteiger partial charge in [0.25, 0.3) is 0 Å². The number of fused-ring (bicyclic) bond motifs is 2. The highest BCUT2D eigenvalue weighted by atomic mass is 35.5. The van der Waals surface area contributed by atoms with Crippen molar-refractivity contribution >= 4 is 28.9 Å². The van der Waals surface area contributed by atoms with Gasteiger partial charge in [0, 0.05) is 24.3 Å². The van der Waals surface area contributed by atoms with Crippen molar-refractivity contribution in [3.63, 3.8) is 0 Å². The molecule has 3 aromatic carbocycles. The number of benzene rings is 3. The first-order valence-electron chi connectivity index (χ1n) is 10.9. The Bertz CT molecular complexity index is 1220. The van der Waals surface area contributed by atoms with Crippen molar-refractivity contribution in [1.82, 2.24) is 0 Å². The summed E-state index contributed by atoms with van der Waals surface area (Å²) in [4.78, 5) is 2.41. The van der Waals surface area contributed by atoms with Crippen LogP contribution in [0.3, 0.4) is 0 Å². The van der Waals surface area contributed by atoms with E-state index in [0.717, 1.165) is 30.0 Å². The lowest BCUT2D eigenvalue weighted by Crippen LogP contribution is -2.31. The molecule has 0 fully saturated rings. The maximum absolute atomic E-state index is 13.7. The van der Waals surface area contributed by atoms with Crippen LogP contribution in [0.1, 0.15) is 58.7 Å². The lowest BCUT2D eigenvalue weighted by molar-refractivity contribution is 0.121. The number of ether oxygens (including phenoxy) is 1. The van der Waals surface area contributed by atoms with Gasteiger partial charge in [-0.2, -0.15) is 0 Å². The second-order valence-corrected chi connectivity index (χ2v) is 10.4. The number of anilines is 1. The van der Waals surface area contributed by atoms with Crippen molar-refractivity contribution in [1.29, 1.82) is 0 Å². The molecule has 166 valence electrons. The molecule has 0 aromatic heterocycles. The molecule has 32 heavy (non-hydrogen) atoms.